The van der Waals surface area contributed by atoms with Crippen molar-refractivity contribution in [3.05, 3.63) is 34.1 Å². The molecule has 1 aromatic carbocycles. The van der Waals surface area contributed by atoms with Gasteiger partial charge in [0.05, 0.1) is 15.8 Å². The van der Waals surface area contributed by atoms with E-state index in [1.54, 1.807) is 0 Å². The van der Waals surface area contributed by atoms with E-state index >= 15 is 0 Å². The molecular formula is C17H21ClFN3O5S. The Balaban J connectivity index is 1.70. The highest BCUT2D eigenvalue weighted by Gasteiger charge is 2.29. The van der Waals surface area contributed by atoms with E-state index in [1.807, 2.05) is 10.3 Å². The summed E-state index contributed by atoms with van der Waals surface area (Å²) in [6.07, 6.45) is 3.34. The monoisotopic (exact) mass is 433 g/mol. The van der Waals surface area contributed by atoms with Gasteiger partial charge in [0.2, 0.25) is 10.0 Å². The number of sulfonamides is 1. The Morgan fingerprint density at radius 1 is 1.11 bits per heavy atom. The minimum Gasteiger partial charge on any atom is -0.381 e. The summed E-state index contributed by atoms with van der Waals surface area (Å²) in [4.78, 5) is 26.6. The molecule has 8 nitrogen and oxygen atoms in total. The summed E-state index contributed by atoms with van der Waals surface area (Å²) in [6, 6.07) is 2.24. The standard InChI is InChI=1S/C17H21ClFN3O5S/c18-14-9-10(16(23)20-11-2-1-3-11)8-13(15(14)19)17(24)21-22-28(25,26)12-4-6-27-7-5-12/h8-9,11-12,22H,1-7H2,(H,20,23)(H,21,24). The molecule has 3 N–H and O–H groups in total. The quantitative estimate of drug-likeness (QED) is 0.588. The van der Waals surface area contributed by atoms with Gasteiger partial charge in [0.15, 0.2) is 5.82 Å². The lowest BCUT2D eigenvalue weighted by Gasteiger charge is -2.26. The van der Waals surface area contributed by atoms with Gasteiger partial charge < -0.3 is 10.1 Å². The van der Waals surface area contributed by atoms with Crippen molar-refractivity contribution < 1.29 is 27.1 Å². The number of carbonyl (C=O) groups excluding carboxylic acids is 2. The van der Waals surface area contributed by atoms with Crippen molar-refractivity contribution in [3.8, 4) is 0 Å². The number of ether oxygens (including phenoxy) is 1. The summed E-state index contributed by atoms with van der Waals surface area (Å²) in [5, 5.41) is 1.65. The van der Waals surface area contributed by atoms with Crippen LogP contribution in [0.3, 0.4) is 0 Å². The van der Waals surface area contributed by atoms with Gasteiger partial charge in [-0.2, -0.15) is 0 Å². The largest absolute Gasteiger partial charge is 0.381 e. The highest BCUT2D eigenvalue weighted by molar-refractivity contribution is 7.90. The maximum atomic E-state index is 14.3. The van der Waals surface area contributed by atoms with Crippen molar-refractivity contribution in [3.63, 3.8) is 0 Å². The van der Waals surface area contributed by atoms with E-state index in [1.165, 1.54) is 0 Å². The summed E-state index contributed by atoms with van der Waals surface area (Å²) in [5.74, 6) is -2.55. The fourth-order valence-corrected chi connectivity index (χ4v) is 4.40. The van der Waals surface area contributed by atoms with Gasteiger partial charge in [-0.15, -0.1) is 4.83 Å². The van der Waals surface area contributed by atoms with Crippen LogP contribution >= 0.6 is 11.6 Å². The summed E-state index contributed by atoms with van der Waals surface area (Å²) < 4.78 is 43.9. The van der Waals surface area contributed by atoms with E-state index in [0.29, 0.717) is 26.1 Å². The van der Waals surface area contributed by atoms with E-state index in [2.05, 4.69) is 5.32 Å². The molecule has 154 valence electrons. The average molecular weight is 434 g/mol. The second kappa shape index (κ2) is 8.73. The van der Waals surface area contributed by atoms with Crippen LogP contribution in [0.15, 0.2) is 12.1 Å². The normalized spacial score (nSPS) is 18.4. The molecule has 2 fully saturated rings. The van der Waals surface area contributed by atoms with Gasteiger partial charge in [-0.05, 0) is 44.2 Å². The lowest BCUT2D eigenvalue weighted by Crippen LogP contribution is -2.47. The Hall–Kier alpha value is -1.75. The predicted octanol–water partition coefficient (Wildman–Crippen LogP) is 1.50. The number of benzene rings is 1. The molecule has 2 aliphatic rings. The third-order valence-electron chi connectivity index (χ3n) is 4.89. The van der Waals surface area contributed by atoms with Gasteiger partial charge in [-0.25, -0.2) is 12.8 Å². The molecule has 1 saturated heterocycles. The van der Waals surface area contributed by atoms with Crippen molar-refractivity contribution in [2.75, 3.05) is 13.2 Å². The molecular weight excluding hydrogens is 413 g/mol. The molecule has 0 spiro atoms. The molecule has 0 atom stereocenters. The third-order valence-corrected chi connectivity index (χ3v) is 6.90. The van der Waals surface area contributed by atoms with E-state index in [9.17, 15) is 22.4 Å². The van der Waals surface area contributed by atoms with Crippen LogP contribution in [-0.4, -0.2) is 44.7 Å². The van der Waals surface area contributed by atoms with Gasteiger partial charge in [-0.3, -0.25) is 15.0 Å². The highest BCUT2D eigenvalue weighted by Crippen LogP contribution is 2.23. The Bertz CT molecular complexity index is 870. The predicted molar refractivity (Wildman–Crippen MR) is 99.9 cm³/mol. The average Bonchev–Trinajstić information content (AvgIpc) is 2.65. The Labute approximate surface area is 167 Å². The molecule has 1 aliphatic heterocycles. The molecule has 1 aromatic rings. The van der Waals surface area contributed by atoms with Crippen molar-refractivity contribution in [1.82, 2.24) is 15.6 Å². The highest BCUT2D eigenvalue weighted by atomic mass is 35.5. The summed E-state index contributed by atoms with van der Waals surface area (Å²) in [5.41, 5.74) is 1.48. The van der Waals surface area contributed by atoms with Crippen LogP contribution in [0, 0.1) is 5.82 Å². The Morgan fingerprint density at radius 3 is 2.39 bits per heavy atom. The smallest absolute Gasteiger partial charge is 0.269 e. The second-order valence-corrected chi connectivity index (χ2v) is 9.20. The van der Waals surface area contributed by atoms with Gasteiger partial charge in [0.25, 0.3) is 11.8 Å². The Morgan fingerprint density at radius 2 is 1.79 bits per heavy atom. The zero-order valence-corrected chi connectivity index (χ0v) is 16.5. The number of halogens is 2. The third kappa shape index (κ3) is 4.80. The van der Waals surface area contributed by atoms with Crippen molar-refractivity contribution in [2.45, 2.75) is 43.4 Å². The fraction of sp³-hybridized carbons (Fsp3) is 0.529. The minimum absolute atomic E-state index is 0.0238. The summed E-state index contributed by atoms with van der Waals surface area (Å²) in [7, 11) is -3.84. The number of hydrazine groups is 1. The number of nitrogens with one attached hydrogen (secondary N) is 3. The zero-order valence-electron chi connectivity index (χ0n) is 15.0. The van der Waals surface area contributed by atoms with Crippen molar-refractivity contribution >= 4 is 33.4 Å². The van der Waals surface area contributed by atoms with Crippen LogP contribution in [0.25, 0.3) is 0 Å². The lowest BCUT2D eigenvalue weighted by molar-refractivity contribution is 0.0917. The van der Waals surface area contributed by atoms with Crippen LogP contribution in [-0.2, 0) is 14.8 Å². The molecule has 1 saturated carbocycles. The van der Waals surface area contributed by atoms with Gasteiger partial charge >= 0.3 is 0 Å². The molecule has 1 heterocycles. The Kier molecular flexibility index (Phi) is 6.54. The first kappa shape index (κ1) is 21.0. The van der Waals surface area contributed by atoms with E-state index in [0.717, 1.165) is 31.4 Å². The second-order valence-electron chi connectivity index (χ2n) is 6.83. The summed E-state index contributed by atoms with van der Waals surface area (Å²) in [6.45, 7) is 0.615. The maximum Gasteiger partial charge on any atom is 0.269 e. The number of rotatable bonds is 6. The van der Waals surface area contributed by atoms with Crippen LogP contribution in [0.4, 0.5) is 4.39 Å². The molecule has 11 heteroatoms. The van der Waals surface area contributed by atoms with Crippen molar-refractivity contribution in [2.24, 2.45) is 0 Å². The van der Waals surface area contributed by atoms with Crippen LogP contribution in [0.1, 0.15) is 52.8 Å². The van der Waals surface area contributed by atoms with Crippen LogP contribution in [0.2, 0.25) is 5.02 Å². The molecule has 0 bridgehead atoms. The van der Waals surface area contributed by atoms with Crippen molar-refractivity contribution in [1.29, 1.82) is 0 Å². The SMILES string of the molecule is O=C(NC1CCC1)c1cc(Cl)c(F)c(C(=O)NNS(=O)(=O)C2CCOCC2)c1. The molecule has 28 heavy (non-hydrogen) atoms. The number of hydrogen-bond acceptors (Lipinski definition) is 5. The molecule has 0 aromatic heterocycles. The zero-order chi connectivity index (χ0) is 20.3. The molecule has 3 rings (SSSR count). The van der Waals surface area contributed by atoms with Crippen LogP contribution < -0.4 is 15.6 Å². The number of amides is 2. The molecule has 1 aliphatic carbocycles. The molecule has 0 radical (unpaired) electrons. The van der Waals surface area contributed by atoms with Crippen LogP contribution in [0.5, 0.6) is 0 Å². The maximum absolute atomic E-state index is 14.3. The first-order valence-corrected chi connectivity index (χ1v) is 10.9. The van der Waals surface area contributed by atoms with Gasteiger partial charge in [0, 0.05) is 24.8 Å². The lowest BCUT2D eigenvalue weighted by atomic mass is 9.93. The van der Waals surface area contributed by atoms with E-state index in [4.69, 9.17) is 16.3 Å². The molecule has 0 unspecified atom stereocenters. The topological polar surface area (TPSA) is 114 Å². The first-order chi connectivity index (χ1) is 13.3. The molecule has 2 amide bonds. The van der Waals surface area contributed by atoms with E-state index in [-0.39, 0.29) is 11.6 Å². The first-order valence-electron chi connectivity index (χ1n) is 8.96. The number of carbonyl (C=O) groups is 2. The van der Waals surface area contributed by atoms with Gasteiger partial charge in [0.1, 0.15) is 0 Å². The van der Waals surface area contributed by atoms with Gasteiger partial charge in [-0.1, -0.05) is 11.6 Å². The number of hydrogen-bond donors (Lipinski definition) is 3. The summed E-state index contributed by atoms with van der Waals surface area (Å²) >= 11 is 5.82. The van der Waals surface area contributed by atoms with E-state index < -0.39 is 43.5 Å². The fourth-order valence-electron chi connectivity index (χ4n) is 2.96. The minimum atomic E-state index is -3.84.